The SMILES string of the molecule is C/C(=C\Oc1ccc2ccccc2c1-c1cccnc1)C(=O)O. The van der Waals surface area contributed by atoms with Crippen LogP contribution in [0.2, 0.25) is 0 Å². The first-order chi connectivity index (χ1) is 11.2. The predicted octanol–water partition coefficient (Wildman–Crippen LogP) is 4.27. The second-order valence-corrected chi connectivity index (χ2v) is 5.13. The molecule has 0 aliphatic heterocycles. The van der Waals surface area contributed by atoms with Crippen LogP contribution in [0.3, 0.4) is 0 Å². The fourth-order valence-electron chi connectivity index (χ4n) is 2.36. The summed E-state index contributed by atoms with van der Waals surface area (Å²) in [5.41, 5.74) is 1.95. The Kier molecular flexibility index (Phi) is 4.06. The first-order valence-corrected chi connectivity index (χ1v) is 7.15. The van der Waals surface area contributed by atoms with Crippen molar-refractivity contribution in [2.75, 3.05) is 0 Å². The maximum Gasteiger partial charge on any atom is 0.334 e. The lowest BCUT2D eigenvalue weighted by Gasteiger charge is -2.12. The van der Waals surface area contributed by atoms with Gasteiger partial charge in [-0.15, -0.1) is 0 Å². The topological polar surface area (TPSA) is 59.4 Å². The van der Waals surface area contributed by atoms with Crippen LogP contribution in [0.1, 0.15) is 6.92 Å². The van der Waals surface area contributed by atoms with E-state index in [9.17, 15) is 4.79 Å². The lowest BCUT2D eigenvalue weighted by Crippen LogP contribution is -1.99. The molecular weight excluding hydrogens is 290 g/mol. The minimum absolute atomic E-state index is 0.135. The van der Waals surface area contributed by atoms with Gasteiger partial charge in [0, 0.05) is 23.5 Å². The number of aromatic nitrogens is 1. The molecule has 3 aromatic rings. The van der Waals surface area contributed by atoms with E-state index in [1.807, 2.05) is 48.5 Å². The van der Waals surface area contributed by atoms with Crippen molar-refractivity contribution in [2.24, 2.45) is 0 Å². The highest BCUT2D eigenvalue weighted by atomic mass is 16.5. The highest BCUT2D eigenvalue weighted by Crippen LogP contribution is 2.36. The molecule has 1 heterocycles. The molecule has 4 nitrogen and oxygen atoms in total. The van der Waals surface area contributed by atoms with Crippen molar-refractivity contribution in [3.63, 3.8) is 0 Å². The Morgan fingerprint density at radius 3 is 2.70 bits per heavy atom. The number of carbonyl (C=O) groups is 1. The van der Waals surface area contributed by atoms with Crippen LogP contribution in [0.25, 0.3) is 21.9 Å². The third-order valence-electron chi connectivity index (χ3n) is 3.54. The number of carboxylic acid groups (broad SMARTS) is 1. The molecule has 0 bridgehead atoms. The molecule has 0 fully saturated rings. The van der Waals surface area contributed by atoms with Crippen molar-refractivity contribution in [1.82, 2.24) is 4.98 Å². The number of hydrogen-bond acceptors (Lipinski definition) is 3. The van der Waals surface area contributed by atoms with E-state index in [0.29, 0.717) is 5.75 Å². The number of rotatable bonds is 4. The molecule has 0 aliphatic carbocycles. The highest BCUT2D eigenvalue weighted by molar-refractivity contribution is 5.99. The summed E-state index contributed by atoms with van der Waals surface area (Å²) >= 11 is 0. The summed E-state index contributed by atoms with van der Waals surface area (Å²) < 4.78 is 5.65. The first kappa shape index (κ1) is 14.8. The van der Waals surface area contributed by atoms with Gasteiger partial charge in [-0.2, -0.15) is 0 Å². The number of benzene rings is 2. The maximum atomic E-state index is 10.9. The normalized spacial score (nSPS) is 11.4. The van der Waals surface area contributed by atoms with Crippen LogP contribution in [0.4, 0.5) is 0 Å². The van der Waals surface area contributed by atoms with E-state index in [4.69, 9.17) is 9.84 Å². The number of nitrogens with zero attached hydrogens (tertiary/aromatic N) is 1. The van der Waals surface area contributed by atoms with Crippen LogP contribution in [0, 0.1) is 0 Å². The molecule has 23 heavy (non-hydrogen) atoms. The Morgan fingerprint density at radius 2 is 1.96 bits per heavy atom. The van der Waals surface area contributed by atoms with Gasteiger partial charge in [0.15, 0.2) is 0 Å². The van der Waals surface area contributed by atoms with E-state index in [2.05, 4.69) is 4.98 Å². The van der Waals surface area contributed by atoms with Crippen LogP contribution in [-0.4, -0.2) is 16.1 Å². The predicted molar refractivity (Wildman–Crippen MR) is 89.2 cm³/mol. The maximum absolute atomic E-state index is 10.9. The van der Waals surface area contributed by atoms with Gasteiger partial charge < -0.3 is 9.84 Å². The van der Waals surface area contributed by atoms with Gasteiger partial charge in [-0.1, -0.05) is 36.4 Å². The van der Waals surface area contributed by atoms with Crippen LogP contribution in [-0.2, 0) is 4.79 Å². The molecule has 0 amide bonds. The molecule has 114 valence electrons. The van der Waals surface area contributed by atoms with Crippen LogP contribution in [0.15, 0.2) is 72.8 Å². The zero-order valence-electron chi connectivity index (χ0n) is 12.6. The summed E-state index contributed by atoms with van der Waals surface area (Å²) in [4.78, 5) is 15.1. The van der Waals surface area contributed by atoms with Gasteiger partial charge in [0.1, 0.15) is 12.0 Å². The van der Waals surface area contributed by atoms with Crippen LogP contribution >= 0.6 is 0 Å². The molecule has 0 saturated carbocycles. The zero-order chi connectivity index (χ0) is 16.2. The first-order valence-electron chi connectivity index (χ1n) is 7.15. The molecule has 0 saturated heterocycles. The lowest BCUT2D eigenvalue weighted by atomic mass is 9.98. The minimum atomic E-state index is -1.01. The minimum Gasteiger partial charge on any atom is -0.478 e. The van der Waals surface area contributed by atoms with E-state index in [-0.39, 0.29) is 5.57 Å². The standard InChI is InChI=1S/C19H15NO3/c1-13(19(21)22)12-23-17-9-8-14-5-2-3-7-16(14)18(17)15-6-4-10-20-11-15/h2-12H,1H3,(H,21,22)/b13-12+. The molecule has 1 aromatic heterocycles. The third kappa shape index (κ3) is 3.06. The van der Waals surface area contributed by atoms with E-state index in [1.165, 1.54) is 13.2 Å². The molecule has 4 heteroatoms. The summed E-state index contributed by atoms with van der Waals surface area (Å²) in [6.45, 7) is 1.49. The van der Waals surface area contributed by atoms with Gasteiger partial charge in [0.05, 0.1) is 5.57 Å². The average molecular weight is 305 g/mol. The number of ether oxygens (including phenoxy) is 1. The molecule has 0 radical (unpaired) electrons. The van der Waals surface area contributed by atoms with Crippen molar-refractivity contribution in [3.8, 4) is 16.9 Å². The van der Waals surface area contributed by atoms with Crippen molar-refractivity contribution in [2.45, 2.75) is 6.92 Å². The average Bonchev–Trinajstić information content (AvgIpc) is 2.59. The Balaban J connectivity index is 2.18. The van der Waals surface area contributed by atoms with E-state index in [0.717, 1.165) is 21.9 Å². The quantitative estimate of drug-likeness (QED) is 0.577. The molecule has 0 aliphatic rings. The van der Waals surface area contributed by atoms with Crippen molar-refractivity contribution in [1.29, 1.82) is 0 Å². The van der Waals surface area contributed by atoms with Gasteiger partial charge in [-0.3, -0.25) is 4.98 Å². The summed E-state index contributed by atoms with van der Waals surface area (Å²) in [5.74, 6) is -0.411. The molecule has 1 N–H and O–H groups in total. The largest absolute Gasteiger partial charge is 0.478 e. The third-order valence-corrected chi connectivity index (χ3v) is 3.54. The van der Waals surface area contributed by atoms with Crippen LogP contribution in [0.5, 0.6) is 5.75 Å². The van der Waals surface area contributed by atoms with Crippen molar-refractivity contribution >= 4 is 16.7 Å². The van der Waals surface area contributed by atoms with Gasteiger partial charge in [-0.25, -0.2) is 4.79 Å². The van der Waals surface area contributed by atoms with E-state index in [1.54, 1.807) is 12.4 Å². The van der Waals surface area contributed by atoms with Crippen molar-refractivity contribution < 1.29 is 14.6 Å². The molecule has 0 atom stereocenters. The Bertz CT molecular complexity index is 886. The van der Waals surface area contributed by atoms with Gasteiger partial charge in [-0.05, 0) is 29.8 Å². The summed E-state index contributed by atoms with van der Waals surface area (Å²) in [6, 6.07) is 15.6. The summed E-state index contributed by atoms with van der Waals surface area (Å²) in [6.07, 6.45) is 4.73. The lowest BCUT2D eigenvalue weighted by molar-refractivity contribution is -0.132. The fraction of sp³-hybridized carbons (Fsp3) is 0.0526. The smallest absolute Gasteiger partial charge is 0.334 e. The Labute approximate surface area is 133 Å². The number of aliphatic carboxylic acids is 1. The molecule has 0 unspecified atom stereocenters. The molecule has 3 rings (SSSR count). The zero-order valence-corrected chi connectivity index (χ0v) is 12.6. The Hall–Kier alpha value is -3.14. The number of hydrogen-bond donors (Lipinski definition) is 1. The van der Waals surface area contributed by atoms with Crippen LogP contribution < -0.4 is 4.74 Å². The molecule has 2 aromatic carbocycles. The van der Waals surface area contributed by atoms with Gasteiger partial charge in [0.2, 0.25) is 0 Å². The highest BCUT2D eigenvalue weighted by Gasteiger charge is 2.11. The summed E-state index contributed by atoms with van der Waals surface area (Å²) in [7, 11) is 0. The molecular formula is C19H15NO3. The van der Waals surface area contributed by atoms with Gasteiger partial charge >= 0.3 is 5.97 Å². The molecule has 0 spiro atoms. The van der Waals surface area contributed by atoms with E-state index < -0.39 is 5.97 Å². The van der Waals surface area contributed by atoms with E-state index >= 15 is 0 Å². The number of carboxylic acids is 1. The van der Waals surface area contributed by atoms with Crippen molar-refractivity contribution in [3.05, 3.63) is 72.8 Å². The number of pyridine rings is 1. The second kappa shape index (κ2) is 6.32. The Morgan fingerprint density at radius 1 is 1.13 bits per heavy atom. The number of fused-ring (bicyclic) bond motifs is 1. The monoisotopic (exact) mass is 305 g/mol. The second-order valence-electron chi connectivity index (χ2n) is 5.13. The fourth-order valence-corrected chi connectivity index (χ4v) is 2.36. The summed E-state index contributed by atoms with van der Waals surface area (Å²) in [5, 5.41) is 11.1. The van der Waals surface area contributed by atoms with Gasteiger partial charge in [0.25, 0.3) is 0 Å².